The molecule has 0 spiro atoms. The van der Waals surface area contributed by atoms with Crippen LogP contribution in [0.1, 0.15) is 40.2 Å². The molecule has 106 valence electrons. The first kappa shape index (κ1) is 17.2. The van der Waals surface area contributed by atoms with E-state index in [4.69, 9.17) is 0 Å². The number of hydrogen-bond donors (Lipinski definition) is 2. The van der Waals surface area contributed by atoms with E-state index >= 15 is 0 Å². The lowest BCUT2D eigenvalue weighted by atomic mass is 10.2. The third-order valence-electron chi connectivity index (χ3n) is 2.13. The molecule has 2 N–H and O–H groups in total. The quantitative estimate of drug-likeness (QED) is 0.861. The Balaban J connectivity index is 0.000000741. The van der Waals surface area contributed by atoms with Crippen molar-refractivity contribution in [1.82, 2.24) is 5.32 Å². The summed E-state index contributed by atoms with van der Waals surface area (Å²) in [4.78, 5) is 15.2. The first-order valence-electron chi connectivity index (χ1n) is 6.92. The number of amidine groups is 1. The fraction of sp³-hybridized carbons (Fsp3) is 0.467. The van der Waals surface area contributed by atoms with Gasteiger partial charge < -0.3 is 10.6 Å². The van der Waals surface area contributed by atoms with Crippen LogP contribution in [0.25, 0.3) is 0 Å². The van der Waals surface area contributed by atoms with E-state index in [9.17, 15) is 4.79 Å². The van der Waals surface area contributed by atoms with Crippen molar-refractivity contribution in [2.45, 2.75) is 34.6 Å². The zero-order valence-electron chi connectivity index (χ0n) is 12.6. The predicted molar refractivity (Wildman–Crippen MR) is 82.8 cm³/mol. The van der Waals surface area contributed by atoms with Crippen LogP contribution in [-0.4, -0.2) is 24.8 Å². The number of aliphatic imine (C=N–C) groups is 1. The lowest BCUT2D eigenvalue weighted by Gasteiger charge is -2.05. The maximum Gasteiger partial charge on any atom is 0.221 e. The molecule has 0 aromatic heterocycles. The predicted octanol–water partition coefficient (Wildman–Crippen LogP) is 3.05. The van der Waals surface area contributed by atoms with E-state index in [1.165, 1.54) is 6.92 Å². The number of nitrogens with one attached hydrogen (secondary N) is 2. The van der Waals surface area contributed by atoms with Crippen molar-refractivity contribution in [2.75, 3.05) is 18.4 Å². The van der Waals surface area contributed by atoms with E-state index in [2.05, 4.69) is 15.6 Å². The van der Waals surface area contributed by atoms with Crippen LogP contribution in [0.15, 0.2) is 29.3 Å². The van der Waals surface area contributed by atoms with Gasteiger partial charge in [0.15, 0.2) is 0 Å². The van der Waals surface area contributed by atoms with Crippen molar-refractivity contribution < 1.29 is 4.79 Å². The monoisotopic (exact) mass is 263 g/mol. The Morgan fingerprint density at radius 1 is 1.26 bits per heavy atom. The number of rotatable bonds is 2. The summed E-state index contributed by atoms with van der Waals surface area (Å²) >= 11 is 0. The van der Waals surface area contributed by atoms with E-state index in [1.54, 1.807) is 0 Å². The van der Waals surface area contributed by atoms with Crippen LogP contribution in [0.5, 0.6) is 0 Å². The minimum Gasteiger partial charge on any atom is -0.368 e. The summed E-state index contributed by atoms with van der Waals surface area (Å²) in [5.41, 5.74) is 1.81. The molecule has 0 atom stereocenters. The summed E-state index contributed by atoms with van der Waals surface area (Å²) in [6.45, 7) is 11.2. The van der Waals surface area contributed by atoms with Crippen molar-refractivity contribution in [3.05, 3.63) is 29.8 Å². The molecule has 0 fully saturated rings. The zero-order valence-corrected chi connectivity index (χ0v) is 12.6. The summed E-state index contributed by atoms with van der Waals surface area (Å²) in [7, 11) is 0. The molecule has 1 heterocycles. The van der Waals surface area contributed by atoms with Crippen molar-refractivity contribution in [1.29, 1.82) is 0 Å². The van der Waals surface area contributed by atoms with E-state index in [0.29, 0.717) is 0 Å². The third-order valence-corrected chi connectivity index (χ3v) is 2.13. The second-order valence-electron chi connectivity index (χ2n) is 3.42. The van der Waals surface area contributed by atoms with Crippen molar-refractivity contribution >= 4 is 17.4 Å². The van der Waals surface area contributed by atoms with Crippen molar-refractivity contribution in [3.63, 3.8) is 0 Å². The van der Waals surface area contributed by atoms with Crippen LogP contribution in [0.2, 0.25) is 0 Å². The van der Waals surface area contributed by atoms with Gasteiger partial charge in [-0.1, -0.05) is 39.8 Å². The molecule has 4 heteroatoms. The molecule has 4 nitrogen and oxygen atoms in total. The third kappa shape index (κ3) is 6.04. The molecule has 0 saturated carbocycles. The van der Waals surface area contributed by atoms with Gasteiger partial charge in [-0.05, 0) is 12.1 Å². The maximum atomic E-state index is 10.9. The van der Waals surface area contributed by atoms with Gasteiger partial charge in [-0.2, -0.15) is 0 Å². The van der Waals surface area contributed by atoms with Crippen LogP contribution in [-0.2, 0) is 4.79 Å². The molecule has 0 radical (unpaired) electrons. The standard InChI is InChI=1S/C11H13N3O.2C2H6/c1-8(15)14-10-4-2-3-9(7-10)11-12-5-6-13-11;2*1-2/h2-4,7H,5-6H2,1H3,(H,12,13)(H,14,15);2*1-2H3. The van der Waals surface area contributed by atoms with Gasteiger partial charge in [0.25, 0.3) is 0 Å². The van der Waals surface area contributed by atoms with E-state index < -0.39 is 0 Å². The summed E-state index contributed by atoms with van der Waals surface area (Å²) in [6, 6.07) is 7.66. The maximum absolute atomic E-state index is 10.9. The Kier molecular flexibility index (Phi) is 9.14. The van der Waals surface area contributed by atoms with Crippen LogP contribution >= 0.6 is 0 Å². The van der Waals surface area contributed by atoms with Crippen molar-refractivity contribution in [2.24, 2.45) is 4.99 Å². The summed E-state index contributed by atoms with van der Waals surface area (Å²) in [6.07, 6.45) is 0. The topological polar surface area (TPSA) is 53.5 Å². The molecule has 0 saturated heterocycles. The molecule has 0 bridgehead atoms. The second kappa shape index (κ2) is 10.1. The first-order chi connectivity index (χ1) is 9.25. The molecule has 1 amide bonds. The highest BCUT2D eigenvalue weighted by atomic mass is 16.1. The number of amides is 1. The van der Waals surface area contributed by atoms with Gasteiger partial charge in [-0.25, -0.2) is 0 Å². The Hall–Kier alpha value is -1.84. The second-order valence-corrected chi connectivity index (χ2v) is 3.42. The van der Waals surface area contributed by atoms with Gasteiger partial charge in [0, 0.05) is 24.7 Å². The number of nitrogens with zero attached hydrogens (tertiary/aromatic N) is 1. The lowest BCUT2D eigenvalue weighted by molar-refractivity contribution is -0.114. The highest BCUT2D eigenvalue weighted by Crippen LogP contribution is 2.11. The first-order valence-corrected chi connectivity index (χ1v) is 6.92. The zero-order chi connectivity index (χ0) is 14.7. The molecule has 1 aliphatic heterocycles. The van der Waals surface area contributed by atoms with Gasteiger partial charge in [0.2, 0.25) is 5.91 Å². The smallest absolute Gasteiger partial charge is 0.221 e. The molecule has 0 aliphatic carbocycles. The largest absolute Gasteiger partial charge is 0.368 e. The van der Waals surface area contributed by atoms with E-state index in [0.717, 1.165) is 30.2 Å². The summed E-state index contributed by atoms with van der Waals surface area (Å²) in [5.74, 6) is 0.843. The Labute approximate surface area is 116 Å². The molecule has 2 rings (SSSR count). The van der Waals surface area contributed by atoms with Crippen LogP contribution in [0.4, 0.5) is 5.69 Å². The lowest BCUT2D eigenvalue weighted by Crippen LogP contribution is -2.19. The average Bonchev–Trinajstić information content (AvgIpc) is 2.97. The van der Waals surface area contributed by atoms with Crippen LogP contribution in [0.3, 0.4) is 0 Å². The number of anilines is 1. The molecule has 0 unspecified atom stereocenters. The van der Waals surface area contributed by atoms with Crippen molar-refractivity contribution in [3.8, 4) is 0 Å². The van der Waals surface area contributed by atoms with Gasteiger partial charge in [0.1, 0.15) is 5.84 Å². The number of carbonyl (C=O) groups excluding carboxylic acids is 1. The fourth-order valence-corrected chi connectivity index (χ4v) is 1.54. The average molecular weight is 263 g/mol. The fourth-order valence-electron chi connectivity index (χ4n) is 1.54. The van der Waals surface area contributed by atoms with Gasteiger partial charge >= 0.3 is 0 Å². The normalized spacial score (nSPS) is 11.9. The number of benzene rings is 1. The van der Waals surface area contributed by atoms with Gasteiger partial charge in [0.05, 0.1) is 6.54 Å². The van der Waals surface area contributed by atoms with Gasteiger partial charge in [-0.3, -0.25) is 9.79 Å². The molecule has 1 aliphatic rings. The molecular formula is C15H25N3O. The van der Waals surface area contributed by atoms with E-state index in [-0.39, 0.29) is 5.91 Å². The van der Waals surface area contributed by atoms with Crippen LogP contribution in [0, 0.1) is 0 Å². The van der Waals surface area contributed by atoms with Gasteiger partial charge in [-0.15, -0.1) is 0 Å². The minimum atomic E-state index is -0.0616. The minimum absolute atomic E-state index is 0.0616. The summed E-state index contributed by atoms with van der Waals surface area (Å²) in [5, 5.41) is 5.94. The summed E-state index contributed by atoms with van der Waals surface area (Å²) < 4.78 is 0. The number of hydrogen-bond acceptors (Lipinski definition) is 3. The number of carbonyl (C=O) groups is 1. The molecule has 1 aromatic carbocycles. The SMILES string of the molecule is CC.CC.CC(=O)Nc1cccc(C2=NCCN2)c1. The molecular weight excluding hydrogens is 238 g/mol. The Morgan fingerprint density at radius 2 is 1.95 bits per heavy atom. The Morgan fingerprint density at radius 3 is 2.47 bits per heavy atom. The molecule has 19 heavy (non-hydrogen) atoms. The van der Waals surface area contributed by atoms with Crippen LogP contribution < -0.4 is 10.6 Å². The molecule has 1 aromatic rings. The Bertz CT molecular complexity index is 414. The highest BCUT2D eigenvalue weighted by molar-refractivity contribution is 6.01. The van der Waals surface area contributed by atoms with E-state index in [1.807, 2.05) is 52.0 Å². The highest BCUT2D eigenvalue weighted by Gasteiger charge is 2.08.